The molecule has 11 atom stereocenters. The minimum atomic E-state index is -1.92. The first-order valence-corrected chi connectivity index (χ1v) is 47.4. The van der Waals surface area contributed by atoms with Crippen molar-refractivity contribution in [2.45, 2.75) is 374 Å². The number of hydrogen-bond acceptors (Lipinski definition) is 24. The molecule has 3 rings (SSSR count). The molecule has 1 aromatic rings. The van der Waals surface area contributed by atoms with Gasteiger partial charge in [-0.3, -0.25) is 110 Å². The maximum atomic E-state index is 14.6. The molecule has 2 saturated heterocycles. The first-order chi connectivity index (χ1) is 64.6. The van der Waals surface area contributed by atoms with Crippen molar-refractivity contribution in [2.75, 3.05) is 26.2 Å². The van der Waals surface area contributed by atoms with Crippen LogP contribution in [0.25, 0.3) is 0 Å². The fourth-order valence-electron chi connectivity index (χ4n) is 15.1. The number of nitrogens with one attached hydrogen (secondary N) is 18. The Balaban J connectivity index is 1.67. The Morgan fingerprint density at radius 2 is 0.759 bits per heavy atom. The van der Waals surface area contributed by atoms with Crippen molar-refractivity contribution in [1.82, 2.24) is 106 Å². The molecule has 47 nitrogen and oxygen atoms in total. The summed E-state index contributed by atoms with van der Waals surface area (Å²) in [6.07, 6.45) is -1.18. The molecular weight excluding hydrogens is 1840 g/mol. The molecule has 1 aromatic carbocycles. The normalized spacial score (nSPS) is 16.4. The van der Waals surface area contributed by atoms with E-state index in [0.29, 0.717) is 12.8 Å². The molecule has 790 valence electrons. The van der Waals surface area contributed by atoms with E-state index in [1.54, 1.807) is 71.9 Å². The zero-order valence-electron chi connectivity index (χ0n) is 86.4. The summed E-state index contributed by atoms with van der Waals surface area (Å²) in [5.41, 5.74) is 1.18. The predicted molar refractivity (Wildman–Crippen MR) is 516 cm³/mol. The molecule has 0 bridgehead atoms. The van der Waals surface area contributed by atoms with Crippen molar-refractivity contribution in [3.8, 4) is 0 Å². The Bertz CT molecular complexity index is 4780. The molecule has 47 heteroatoms. The van der Waals surface area contributed by atoms with Gasteiger partial charge in [-0.15, -0.1) is 0 Å². The number of nitrogens with zero attached hydrogens (tertiary/aromatic N) is 2. The Labute approximate surface area is 823 Å². The maximum Gasteiger partial charge on any atom is 0.248 e. The Hall–Kier alpha value is -13.0. The highest BCUT2D eigenvalue weighted by Crippen LogP contribution is 2.27. The van der Waals surface area contributed by atoms with Gasteiger partial charge in [0.15, 0.2) is 0 Å². The van der Waals surface area contributed by atoms with Crippen LogP contribution in [0.5, 0.6) is 0 Å². The van der Waals surface area contributed by atoms with Crippen LogP contribution in [0.3, 0.4) is 0 Å². The van der Waals surface area contributed by atoms with Gasteiger partial charge in [0.05, 0.1) is 19.2 Å². The lowest BCUT2D eigenvalue weighted by molar-refractivity contribution is -0.146. The molecule has 0 saturated carbocycles. The van der Waals surface area contributed by atoms with Gasteiger partial charge in [0.25, 0.3) is 0 Å². The van der Waals surface area contributed by atoms with Crippen LogP contribution in [-0.2, 0) is 117 Å². The van der Waals surface area contributed by atoms with Gasteiger partial charge in [-0.1, -0.05) is 78.8 Å². The SMILES string of the molecule is CC[C@](C)(NC(=O)C(C)(C)NC(=O)[C@@H](NC(=O)[C@@H]1CCCN1C(=O)C(C)(C)NC(=O)[C@H](CC(C)C)NC(=O)CNC(=O)C(C)(C)NC(=O)[C@@H](NC(=O)C(C)(C)NC(=O)[C@H](CCC(N)=O)NC(=O)C(C)(C)NC(=O)C(C)(C)NC(=O)[C@H](C)NC(=O)C(C)(C)NC(=O)[C@@H]1CCCN1C(=O)C(C)(C)NC(C)=O)C(C)C)C(C)C)C(=O)N[C@@H](CCC(N)=O)C(=O)N[C@@H](CCC(N)=O)C(=O)NC(CO)Cc1ccccc1. The highest BCUT2D eigenvalue weighted by molar-refractivity contribution is 6.05. The number of carbonyl (C=O) groups excluding carboxylic acids is 23. The van der Waals surface area contributed by atoms with Gasteiger partial charge in [0, 0.05) is 39.3 Å². The second-order valence-electron chi connectivity index (χ2n) is 41.8. The smallest absolute Gasteiger partial charge is 0.248 e. The summed E-state index contributed by atoms with van der Waals surface area (Å²) in [4.78, 5) is 317. The van der Waals surface area contributed by atoms with Crippen LogP contribution in [-0.4, -0.2) is 287 Å². The van der Waals surface area contributed by atoms with E-state index in [0.717, 1.165) is 5.56 Å². The van der Waals surface area contributed by atoms with Gasteiger partial charge in [0.1, 0.15) is 104 Å². The topological polar surface area (TPSA) is 714 Å². The standard InChI is InChI=1S/C94H155N23O24/c1-27-94(26,83(139)104-57(38-41-63(96)121)70(126)102-56(37-40-62(95)120)69(125)100-55(48-118)46-54-33-29-28-30-34-54)115-82(138)91(20,21)113-75(131)66(50(4)5)105-73(129)60-35-31-43-116(60)85(141)93(24,25)110-72(128)59(45-49(2)3)101-65(123)47-98-77(133)86(10,11)112-76(132)67(51(6)7)106-80(136)88(14,15)109-71(127)58(39-42-64(97)122)103-79(135)89(16,17)114-81(137)90(18,19)108-68(124)52(8)99-78(134)87(12,13)111-74(130)61-36-32-44-117(61)84(140)92(22,23)107-53(9)119/h28-30,33-34,49-52,55-61,66-67,118H,27,31-32,35-48H2,1-26H3,(H2,95,120)(H2,96,121)(H2,97,122)(H,98,133)(H,99,134)(H,100,125)(H,101,123)(H,102,126)(H,103,135)(H,104,139)(H,105,129)(H,106,136)(H,107,119)(H,108,124)(H,109,127)(H,110,128)(H,111,130)(H,112,132)(H,113,131)(H,114,137)(H,115,138)/t52-,55?,56-,57-,58-,59-,60-,61-,66-,67-,94-/m0/s1. The lowest BCUT2D eigenvalue weighted by Gasteiger charge is -2.36. The molecule has 1 unspecified atom stereocenters. The molecule has 0 spiro atoms. The van der Waals surface area contributed by atoms with E-state index >= 15 is 0 Å². The molecule has 2 aliphatic heterocycles. The van der Waals surface area contributed by atoms with Crippen LogP contribution in [0.1, 0.15) is 263 Å². The fourth-order valence-corrected chi connectivity index (χ4v) is 15.1. The van der Waals surface area contributed by atoms with E-state index in [9.17, 15) is 115 Å². The number of benzene rings is 1. The molecule has 0 aromatic heterocycles. The quantitative estimate of drug-likeness (QED) is 0.0294. The summed E-state index contributed by atoms with van der Waals surface area (Å²) in [5.74, 6) is -20.9. The van der Waals surface area contributed by atoms with E-state index in [4.69, 9.17) is 17.2 Å². The van der Waals surface area contributed by atoms with Crippen LogP contribution >= 0.6 is 0 Å². The van der Waals surface area contributed by atoms with Crippen molar-refractivity contribution in [1.29, 1.82) is 0 Å². The van der Waals surface area contributed by atoms with E-state index in [2.05, 4.69) is 95.7 Å². The first kappa shape index (κ1) is 122. The van der Waals surface area contributed by atoms with Gasteiger partial charge in [-0.05, 0) is 212 Å². The third kappa shape index (κ3) is 37.2. The average molecular weight is 1990 g/mol. The number of carbonyl (C=O) groups is 23. The van der Waals surface area contributed by atoms with E-state index in [-0.39, 0.29) is 64.0 Å². The summed E-state index contributed by atoms with van der Waals surface area (Å²) < 4.78 is 0. The molecule has 0 aliphatic carbocycles. The van der Waals surface area contributed by atoms with Gasteiger partial charge < -0.3 is 128 Å². The van der Waals surface area contributed by atoms with Crippen LogP contribution in [0.2, 0.25) is 0 Å². The minimum Gasteiger partial charge on any atom is -0.394 e. The van der Waals surface area contributed by atoms with Gasteiger partial charge in [-0.2, -0.15) is 0 Å². The molecule has 141 heavy (non-hydrogen) atoms. The Morgan fingerprint density at radius 1 is 0.383 bits per heavy atom. The number of aliphatic hydroxyl groups excluding tert-OH is 1. The van der Waals surface area contributed by atoms with E-state index in [1.165, 1.54) is 148 Å². The Morgan fingerprint density at radius 3 is 1.22 bits per heavy atom. The zero-order valence-corrected chi connectivity index (χ0v) is 86.4. The van der Waals surface area contributed by atoms with Gasteiger partial charge in [-0.25, -0.2) is 0 Å². The summed E-state index contributed by atoms with van der Waals surface area (Å²) >= 11 is 0. The summed E-state index contributed by atoms with van der Waals surface area (Å²) in [5, 5.41) is 56.4. The molecule has 25 N–H and O–H groups in total. The minimum absolute atomic E-state index is 0.00641. The molecule has 2 heterocycles. The predicted octanol–water partition coefficient (Wildman–Crippen LogP) is -4.16. The number of rotatable bonds is 54. The second kappa shape index (κ2) is 51.4. The summed E-state index contributed by atoms with van der Waals surface area (Å²) in [7, 11) is 0. The van der Waals surface area contributed by atoms with Gasteiger partial charge in [0.2, 0.25) is 136 Å². The fraction of sp³-hybridized carbons (Fsp3) is 0.691. The first-order valence-electron chi connectivity index (χ1n) is 47.4. The van der Waals surface area contributed by atoms with Crippen LogP contribution < -0.4 is 113 Å². The monoisotopic (exact) mass is 1990 g/mol. The van der Waals surface area contributed by atoms with E-state index in [1.807, 2.05) is 0 Å². The zero-order chi connectivity index (χ0) is 108. The highest BCUT2D eigenvalue weighted by Gasteiger charge is 2.50. The molecular formula is C94H155N23O24. The maximum absolute atomic E-state index is 14.6. The number of hydrogen-bond donors (Lipinski definition) is 22. The van der Waals surface area contributed by atoms with E-state index < -0.39 is 297 Å². The third-order valence-electron chi connectivity index (χ3n) is 24.0. The summed E-state index contributed by atoms with van der Waals surface area (Å²) in [6.45, 7) is 35.6. The van der Waals surface area contributed by atoms with Crippen molar-refractivity contribution in [2.24, 2.45) is 35.0 Å². The number of primary amides is 3. The van der Waals surface area contributed by atoms with Crippen LogP contribution in [0, 0.1) is 17.8 Å². The lowest BCUT2D eigenvalue weighted by atomic mass is 9.93. The molecule has 0 radical (unpaired) electrons. The number of aliphatic hydroxyl groups is 1. The third-order valence-corrected chi connectivity index (χ3v) is 24.0. The Kier molecular flexibility index (Phi) is 44.5. The second-order valence-corrected chi connectivity index (χ2v) is 41.8. The van der Waals surface area contributed by atoms with Crippen molar-refractivity contribution in [3.63, 3.8) is 0 Å². The largest absolute Gasteiger partial charge is 0.394 e. The number of likely N-dealkylation sites (tertiary alicyclic amines) is 2. The number of amides is 23. The average Bonchev–Trinajstić information content (AvgIpc) is 1.70. The molecule has 2 fully saturated rings. The van der Waals surface area contributed by atoms with Gasteiger partial charge >= 0.3 is 0 Å². The van der Waals surface area contributed by atoms with Crippen LogP contribution in [0.15, 0.2) is 30.3 Å². The van der Waals surface area contributed by atoms with Crippen molar-refractivity contribution < 1.29 is 115 Å². The number of nitrogens with two attached hydrogens (primary N) is 3. The van der Waals surface area contributed by atoms with Crippen molar-refractivity contribution in [3.05, 3.63) is 35.9 Å². The highest BCUT2D eigenvalue weighted by atomic mass is 16.3. The van der Waals surface area contributed by atoms with Crippen molar-refractivity contribution >= 4 is 136 Å². The van der Waals surface area contributed by atoms with Crippen LogP contribution in [0.4, 0.5) is 0 Å². The molecule has 2 aliphatic rings. The lowest BCUT2D eigenvalue weighted by Crippen LogP contribution is -2.67. The molecule has 23 amide bonds. The summed E-state index contributed by atoms with van der Waals surface area (Å²) in [6, 6.07) is -4.20.